The lowest BCUT2D eigenvalue weighted by Crippen LogP contribution is -3.12. The number of quaternary nitrogens is 1. The Morgan fingerprint density at radius 2 is 1.92 bits per heavy atom. The average molecular weight is 377 g/mol. The molecule has 1 aromatic heterocycles. The molecule has 0 saturated carbocycles. The van der Waals surface area contributed by atoms with Gasteiger partial charge in [0.2, 0.25) is 0 Å². The molecule has 1 aliphatic rings. The molecule has 6 nitrogen and oxygen atoms in total. The van der Waals surface area contributed by atoms with Crippen LogP contribution in [0.2, 0.25) is 0 Å². The topological polar surface area (TPSA) is 49.8 Å². The van der Waals surface area contributed by atoms with Gasteiger partial charge < -0.3 is 14.4 Å². The van der Waals surface area contributed by atoms with Crippen molar-refractivity contribution in [2.45, 2.75) is 26.4 Å². The Labute approximate surface area is 158 Å². The minimum absolute atomic E-state index is 0.0474. The molecule has 26 heavy (non-hydrogen) atoms. The van der Waals surface area contributed by atoms with Crippen molar-refractivity contribution < 1.29 is 19.2 Å². The molecule has 0 radical (unpaired) electrons. The van der Waals surface area contributed by atoms with Crippen molar-refractivity contribution in [2.24, 2.45) is 5.92 Å². The van der Waals surface area contributed by atoms with Crippen molar-refractivity contribution in [1.29, 1.82) is 0 Å². The summed E-state index contributed by atoms with van der Waals surface area (Å²) in [7, 11) is 1.66. The molecular formula is C19H26N3O3S+. The van der Waals surface area contributed by atoms with Gasteiger partial charge in [0.15, 0.2) is 11.4 Å². The summed E-state index contributed by atoms with van der Waals surface area (Å²) in [5, 5.41) is 0. The summed E-state index contributed by atoms with van der Waals surface area (Å²) in [5.41, 5.74) is 1.02. The second kappa shape index (κ2) is 8.51. The molecule has 0 spiro atoms. The number of piperidine rings is 1. The van der Waals surface area contributed by atoms with E-state index in [2.05, 4.69) is 4.57 Å². The number of imidazole rings is 1. The summed E-state index contributed by atoms with van der Waals surface area (Å²) < 4.78 is 15.2. The number of hydrogen-bond donors (Lipinski definition) is 1. The molecule has 1 aromatic carbocycles. The predicted molar refractivity (Wildman–Crippen MR) is 101 cm³/mol. The first-order valence-electron chi connectivity index (χ1n) is 9.04. The fraction of sp³-hybridized carbons (Fsp3) is 0.474. The normalized spacial score (nSPS) is 19.9. The first kappa shape index (κ1) is 18.7. The maximum Gasteiger partial charge on any atom is 0.309 e. The van der Waals surface area contributed by atoms with Crippen LogP contribution in [0.25, 0.3) is 5.69 Å². The monoisotopic (exact) mass is 376 g/mol. The second-order valence-electron chi connectivity index (χ2n) is 6.55. The minimum Gasteiger partial charge on any atom is -0.497 e. The Bertz CT molecular complexity index is 789. The number of likely N-dealkylation sites (tertiary alicyclic amines) is 1. The zero-order valence-electron chi connectivity index (χ0n) is 15.3. The lowest BCUT2D eigenvalue weighted by molar-refractivity contribution is -0.928. The van der Waals surface area contributed by atoms with Crippen molar-refractivity contribution in [3.63, 3.8) is 0 Å². The zero-order valence-corrected chi connectivity index (χ0v) is 16.1. The molecule has 140 valence electrons. The van der Waals surface area contributed by atoms with E-state index in [1.54, 1.807) is 7.11 Å². The molecule has 1 aliphatic heterocycles. The number of benzene rings is 1. The van der Waals surface area contributed by atoms with Crippen LogP contribution in [0.5, 0.6) is 5.75 Å². The average Bonchev–Trinajstić information content (AvgIpc) is 3.03. The highest BCUT2D eigenvalue weighted by Gasteiger charge is 2.28. The van der Waals surface area contributed by atoms with E-state index in [1.165, 1.54) is 4.90 Å². The lowest BCUT2D eigenvalue weighted by Gasteiger charge is -2.28. The van der Waals surface area contributed by atoms with E-state index in [4.69, 9.17) is 21.7 Å². The molecule has 1 saturated heterocycles. The fourth-order valence-electron chi connectivity index (χ4n) is 3.39. The molecule has 0 unspecified atom stereocenters. The van der Waals surface area contributed by atoms with Crippen molar-refractivity contribution in [2.75, 3.05) is 26.8 Å². The molecule has 2 aromatic rings. The number of methoxy groups -OCH3 is 1. The highest BCUT2D eigenvalue weighted by Crippen LogP contribution is 2.16. The minimum atomic E-state index is -0.0474. The summed E-state index contributed by atoms with van der Waals surface area (Å²) in [6.45, 7) is 5.04. The van der Waals surface area contributed by atoms with Crippen molar-refractivity contribution >= 4 is 18.2 Å². The molecule has 0 aliphatic carbocycles. The van der Waals surface area contributed by atoms with Gasteiger partial charge >= 0.3 is 5.97 Å². The highest BCUT2D eigenvalue weighted by atomic mass is 32.1. The SMILES string of the molecule is CCOC(=O)C1CC[NH+](Cn2ccn(-c3ccc(OC)cc3)c2=S)CC1. The molecule has 0 bridgehead atoms. The van der Waals surface area contributed by atoms with Crippen LogP contribution >= 0.6 is 12.2 Å². The Kier molecular flexibility index (Phi) is 6.11. The third kappa shape index (κ3) is 4.16. The van der Waals surface area contributed by atoms with E-state index < -0.39 is 0 Å². The Morgan fingerprint density at radius 1 is 1.23 bits per heavy atom. The van der Waals surface area contributed by atoms with Crippen LogP contribution < -0.4 is 9.64 Å². The summed E-state index contributed by atoms with van der Waals surface area (Å²) in [5.74, 6) is 0.831. The summed E-state index contributed by atoms with van der Waals surface area (Å²) in [4.78, 5) is 13.3. The smallest absolute Gasteiger partial charge is 0.309 e. The van der Waals surface area contributed by atoms with Crippen LogP contribution in [0.3, 0.4) is 0 Å². The number of rotatable bonds is 6. The lowest BCUT2D eigenvalue weighted by atomic mass is 9.97. The third-order valence-corrected chi connectivity index (χ3v) is 5.34. The summed E-state index contributed by atoms with van der Waals surface area (Å²) in [6, 6.07) is 7.85. The first-order chi connectivity index (χ1) is 12.6. The van der Waals surface area contributed by atoms with E-state index in [9.17, 15) is 4.79 Å². The van der Waals surface area contributed by atoms with Gasteiger partial charge in [-0.05, 0) is 43.4 Å². The number of carbonyl (C=O) groups is 1. The quantitative estimate of drug-likeness (QED) is 0.617. The zero-order chi connectivity index (χ0) is 18.5. The van der Waals surface area contributed by atoms with E-state index in [1.807, 2.05) is 48.1 Å². The van der Waals surface area contributed by atoms with Crippen LogP contribution in [0.15, 0.2) is 36.7 Å². The number of aromatic nitrogens is 2. The molecule has 2 heterocycles. The van der Waals surface area contributed by atoms with E-state index in [0.29, 0.717) is 6.61 Å². The van der Waals surface area contributed by atoms with Crippen LogP contribution in [-0.2, 0) is 16.2 Å². The van der Waals surface area contributed by atoms with Crippen LogP contribution in [0, 0.1) is 10.7 Å². The molecular weight excluding hydrogens is 350 g/mol. The molecule has 0 atom stereocenters. The van der Waals surface area contributed by atoms with Gasteiger partial charge in [0.05, 0.1) is 32.7 Å². The standard InChI is InChI=1S/C19H25N3O3S/c1-3-25-18(23)15-8-10-20(11-9-15)14-21-12-13-22(19(21)26)16-4-6-17(24-2)7-5-16/h4-7,12-13,15H,3,8-11,14H2,1-2H3/p+1. The molecule has 7 heteroatoms. The Balaban J connectivity index is 1.62. The van der Waals surface area contributed by atoms with Gasteiger partial charge in [0, 0.05) is 30.9 Å². The molecule has 1 N–H and O–H groups in total. The van der Waals surface area contributed by atoms with Crippen LogP contribution in [-0.4, -0.2) is 41.9 Å². The van der Waals surface area contributed by atoms with Crippen LogP contribution in [0.4, 0.5) is 0 Å². The van der Waals surface area contributed by atoms with E-state index in [0.717, 1.165) is 48.8 Å². The predicted octanol–water partition coefficient (Wildman–Crippen LogP) is 1.83. The van der Waals surface area contributed by atoms with Gasteiger partial charge in [0.25, 0.3) is 0 Å². The van der Waals surface area contributed by atoms with Gasteiger partial charge in [-0.3, -0.25) is 13.9 Å². The van der Waals surface area contributed by atoms with Crippen molar-refractivity contribution in [3.8, 4) is 11.4 Å². The first-order valence-corrected chi connectivity index (χ1v) is 9.45. The Morgan fingerprint density at radius 3 is 2.54 bits per heavy atom. The third-order valence-electron chi connectivity index (χ3n) is 4.90. The second-order valence-corrected chi connectivity index (χ2v) is 6.92. The van der Waals surface area contributed by atoms with Gasteiger partial charge in [0.1, 0.15) is 5.75 Å². The summed E-state index contributed by atoms with van der Waals surface area (Å²) in [6.07, 6.45) is 5.77. The molecule has 1 fully saturated rings. The van der Waals surface area contributed by atoms with Crippen molar-refractivity contribution in [1.82, 2.24) is 9.13 Å². The van der Waals surface area contributed by atoms with Gasteiger partial charge in [-0.15, -0.1) is 0 Å². The maximum atomic E-state index is 11.9. The van der Waals surface area contributed by atoms with E-state index in [-0.39, 0.29) is 11.9 Å². The number of hydrogen-bond acceptors (Lipinski definition) is 4. The highest BCUT2D eigenvalue weighted by molar-refractivity contribution is 7.71. The van der Waals surface area contributed by atoms with Gasteiger partial charge in [-0.1, -0.05) is 0 Å². The van der Waals surface area contributed by atoms with E-state index >= 15 is 0 Å². The summed E-state index contributed by atoms with van der Waals surface area (Å²) >= 11 is 5.64. The number of esters is 1. The van der Waals surface area contributed by atoms with Gasteiger partial charge in [-0.25, -0.2) is 0 Å². The number of carbonyl (C=O) groups excluding carboxylic acids is 1. The maximum absolute atomic E-state index is 11.9. The van der Waals surface area contributed by atoms with Crippen LogP contribution in [0.1, 0.15) is 19.8 Å². The number of ether oxygens (including phenoxy) is 2. The number of nitrogens with zero attached hydrogens (tertiary/aromatic N) is 2. The number of nitrogens with one attached hydrogen (secondary N) is 1. The molecule has 0 amide bonds. The van der Waals surface area contributed by atoms with Crippen molar-refractivity contribution in [3.05, 3.63) is 41.4 Å². The Hall–Kier alpha value is -2.12. The fourth-order valence-corrected chi connectivity index (χ4v) is 3.69. The molecule has 3 rings (SSSR count). The largest absolute Gasteiger partial charge is 0.497 e. The van der Waals surface area contributed by atoms with Gasteiger partial charge in [-0.2, -0.15) is 0 Å².